The third-order valence-electron chi connectivity index (χ3n) is 4.67. The summed E-state index contributed by atoms with van der Waals surface area (Å²) in [5.41, 5.74) is 0.577. The molecular weight excluding hydrogens is 372 g/mol. The summed E-state index contributed by atoms with van der Waals surface area (Å²) >= 11 is 3.35. The SMILES string of the molecule is O=C(NC1CCCN(C(=O)c2cncc(Br)c2)C1)C1CCCNC1. The minimum Gasteiger partial charge on any atom is -0.351 e. The molecule has 0 spiro atoms. The highest BCUT2D eigenvalue weighted by atomic mass is 79.9. The van der Waals surface area contributed by atoms with Crippen LogP contribution >= 0.6 is 15.9 Å². The normalized spacial score (nSPS) is 24.5. The number of amides is 2. The Morgan fingerprint density at radius 3 is 2.92 bits per heavy atom. The maximum Gasteiger partial charge on any atom is 0.255 e. The highest BCUT2D eigenvalue weighted by molar-refractivity contribution is 9.10. The zero-order chi connectivity index (χ0) is 16.9. The molecule has 2 saturated heterocycles. The molecule has 7 heteroatoms. The van der Waals surface area contributed by atoms with Crippen LogP contribution in [-0.4, -0.2) is 53.9 Å². The van der Waals surface area contributed by atoms with Crippen molar-refractivity contribution in [2.24, 2.45) is 5.92 Å². The van der Waals surface area contributed by atoms with E-state index in [1.54, 1.807) is 18.5 Å². The van der Waals surface area contributed by atoms with Crippen molar-refractivity contribution in [1.82, 2.24) is 20.5 Å². The van der Waals surface area contributed by atoms with E-state index < -0.39 is 0 Å². The van der Waals surface area contributed by atoms with E-state index in [0.717, 1.165) is 49.8 Å². The first kappa shape index (κ1) is 17.4. The standard InChI is InChI=1S/C17H23BrN4O2/c18-14-7-13(9-20-10-14)17(24)22-6-2-4-15(11-22)21-16(23)12-3-1-5-19-8-12/h7,9-10,12,15,19H,1-6,8,11H2,(H,21,23). The number of nitrogens with one attached hydrogen (secondary N) is 2. The molecule has 2 fully saturated rings. The molecule has 2 aliphatic rings. The summed E-state index contributed by atoms with van der Waals surface area (Å²) in [6.07, 6.45) is 7.06. The fraction of sp³-hybridized carbons (Fsp3) is 0.588. The first-order valence-electron chi connectivity index (χ1n) is 8.54. The Bertz CT molecular complexity index is 604. The van der Waals surface area contributed by atoms with E-state index >= 15 is 0 Å². The fourth-order valence-electron chi connectivity index (χ4n) is 3.39. The van der Waals surface area contributed by atoms with Gasteiger partial charge in [0.25, 0.3) is 5.91 Å². The summed E-state index contributed by atoms with van der Waals surface area (Å²) in [5, 5.41) is 6.41. The third kappa shape index (κ3) is 4.33. The monoisotopic (exact) mass is 394 g/mol. The number of piperidine rings is 2. The number of pyridine rings is 1. The van der Waals surface area contributed by atoms with Crippen LogP contribution in [0.1, 0.15) is 36.0 Å². The van der Waals surface area contributed by atoms with Gasteiger partial charge in [-0.25, -0.2) is 0 Å². The van der Waals surface area contributed by atoms with Crippen LogP contribution in [0.5, 0.6) is 0 Å². The number of carbonyl (C=O) groups excluding carboxylic acids is 2. The summed E-state index contributed by atoms with van der Waals surface area (Å²) in [5.74, 6) is 0.145. The van der Waals surface area contributed by atoms with Crippen molar-refractivity contribution in [3.8, 4) is 0 Å². The average Bonchev–Trinajstić information content (AvgIpc) is 2.62. The molecule has 1 aromatic rings. The summed E-state index contributed by atoms with van der Waals surface area (Å²) in [6, 6.07) is 1.82. The molecular formula is C17H23BrN4O2. The van der Waals surface area contributed by atoms with Crippen LogP contribution in [-0.2, 0) is 4.79 Å². The van der Waals surface area contributed by atoms with E-state index in [4.69, 9.17) is 0 Å². The quantitative estimate of drug-likeness (QED) is 0.815. The molecule has 6 nitrogen and oxygen atoms in total. The van der Waals surface area contributed by atoms with Gasteiger partial charge in [-0.2, -0.15) is 0 Å². The van der Waals surface area contributed by atoms with E-state index in [-0.39, 0.29) is 23.8 Å². The van der Waals surface area contributed by atoms with Crippen molar-refractivity contribution in [2.75, 3.05) is 26.2 Å². The molecule has 0 bridgehead atoms. The van der Waals surface area contributed by atoms with E-state index in [1.165, 1.54) is 0 Å². The first-order chi connectivity index (χ1) is 11.6. The smallest absolute Gasteiger partial charge is 0.255 e. The summed E-state index contributed by atoms with van der Waals surface area (Å²) in [4.78, 5) is 30.9. The Labute approximate surface area is 150 Å². The number of likely N-dealkylation sites (tertiary alicyclic amines) is 1. The molecule has 2 amide bonds. The van der Waals surface area contributed by atoms with Gasteiger partial charge in [-0.3, -0.25) is 14.6 Å². The Hall–Kier alpha value is -1.47. The molecule has 0 radical (unpaired) electrons. The molecule has 3 rings (SSSR count). The van der Waals surface area contributed by atoms with Crippen molar-refractivity contribution in [3.63, 3.8) is 0 Å². The zero-order valence-corrected chi connectivity index (χ0v) is 15.2. The van der Waals surface area contributed by atoms with Gasteiger partial charge in [0.05, 0.1) is 11.5 Å². The Morgan fingerprint density at radius 1 is 1.29 bits per heavy atom. The number of aromatic nitrogens is 1. The van der Waals surface area contributed by atoms with Crippen LogP contribution in [0.15, 0.2) is 22.9 Å². The van der Waals surface area contributed by atoms with Crippen LogP contribution in [0.25, 0.3) is 0 Å². The van der Waals surface area contributed by atoms with Crippen molar-refractivity contribution >= 4 is 27.7 Å². The van der Waals surface area contributed by atoms with E-state index in [0.29, 0.717) is 12.1 Å². The molecule has 2 N–H and O–H groups in total. The van der Waals surface area contributed by atoms with Crippen LogP contribution in [0.4, 0.5) is 0 Å². The third-order valence-corrected chi connectivity index (χ3v) is 5.11. The molecule has 1 aromatic heterocycles. The number of hydrogen-bond donors (Lipinski definition) is 2. The van der Waals surface area contributed by atoms with Crippen LogP contribution in [0, 0.1) is 5.92 Å². The minimum atomic E-state index is -0.0258. The summed E-state index contributed by atoms with van der Waals surface area (Å²) < 4.78 is 0.792. The summed E-state index contributed by atoms with van der Waals surface area (Å²) in [7, 11) is 0. The van der Waals surface area contributed by atoms with Gasteiger partial charge in [0.1, 0.15) is 0 Å². The molecule has 2 atom stereocenters. The number of carbonyl (C=O) groups is 2. The van der Waals surface area contributed by atoms with Gasteiger partial charge < -0.3 is 15.5 Å². The fourth-order valence-corrected chi connectivity index (χ4v) is 3.75. The predicted molar refractivity (Wildman–Crippen MR) is 94.6 cm³/mol. The lowest BCUT2D eigenvalue weighted by atomic mass is 9.97. The zero-order valence-electron chi connectivity index (χ0n) is 13.6. The molecule has 3 heterocycles. The molecule has 24 heavy (non-hydrogen) atoms. The van der Waals surface area contributed by atoms with Crippen molar-refractivity contribution in [3.05, 3.63) is 28.5 Å². The van der Waals surface area contributed by atoms with Gasteiger partial charge in [0, 0.05) is 42.5 Å². The van der Waals surface area contributed by atoms with Gasteiger partial charge >= 0.3 is 0 Å². The van der Waals surface area contributed by atoms with Gasteiger partial charge in [0.15, 0.2) is 0 Å². The second-order valence-corrected chi connectivity index (χ2v) is 7.45. The molecule has 130 valence electrons. The molecule has 0 saturated carbocycles. The van der Waals surface area contributed by atoms with E-state index in [9.17, 15) is 9.59 Å². The highest BCUT2D eigenvalue weighted by Crippen LogP contribution is 2.17. The topological polar surface area (TPSA) is 74.3 Å². The van der Waals surface area contributed by atoms with Crippen molar-refractivity contribution in [2.45, 2.75) is 31.7 Å². The average molecular weight is 395 g/mol. The van der Waals surface area contributed by atoms with Gasteiger partial charge in [-0.1, -0.05) is 0 Å². The Kier molecular flexibility index (Phi) is 5.84. The van der Waals surface area contributed by atoms with Crippen LogP contribution in [0.3, 0.4) is 0 Å². The highest BCUT2D eigenvalue weighted by Gasteiger charge is 2.28. The predicted octanol–water partition coefficient (Wildman–Crippen LogP) is 1.56. The van der Waals surface area contributed by atoms with Crippen molar-refractivity contribution in [1.29, 1.82) is 0 Å². The van der Waals surface area contributed by atoms with Gasteiger partial charge in [-0.15, -0.1) is 0 Å². The van der Waals surface area contributed by atoms with E-state index in [2.05, 4.69) is 31.5 Å². The van der Waals surface area contributed by atoms with Crippen LogP contribution < -0.4 is 10.6 Å². The minimum absolute atomic E-state index is 0.0258. The lowest BCUT2D eigenvalue weighted by Crippen LogP contribution is -2.52. The van der Waals surface area contributed by atoms with Gasteiger partial charge in [0.2, 0.25) is 5.91 Å². The number of hydrogen-bond acceptors (Lipinski definition) is 4. The first-order valence-corrected chi connectivity index (χ1v) is 9.33. The maximum absolute atomic E-state index is 12.6. The van der Waals surface area contributed by atoms with E-state index in [1.807, 2.05) is 4.90 Å². The molecule has 2 unspecified atom stereocenters. The maximum atomic E-state index is 12.6. The Morgan fingerprint density at radius 2 is 2.17 bits per heavy atom. The Balaban J connectivity index is 1.57. The number of rotatable bonds is 3. The van der Waals surface area contributed by atoms with Gasteiger partial charge in [-0.05, 0) is 54.2 Å². The van der Waals surface area contributed by atoms with Crippen LogP contribution in [0.2, 0.25) is 0 Å². The number of halogens is 1. The molecule has 0 aromatic carbocycles. The second kappa shape index (κ2) is 8.07. The number of nitrogens with zero attached hydrogens (tertiary/aromatic N) is 2. The second-order valence-electron chi connectivity index (χ2n) is 6.53. The molecule has 2 aliphatic heterocycles. The van der Waals surface area contributed by atoms with Crippen molar-refractivity contribution < 1.29 is 9.59 Å². The molecule has 0 aliphatic carbocycles. The largest absolute Gasteiger partial charge is 0.351 e. The lowest BCUT2D eigenvalue weighted by molar-refractivity contribution is -0.126. The lowest BCUT2D eigenvalue weighted by Gasteiger charge is -2.34. The summed E-state index contributed by atoms with van der Waals surface area (Å²) in [6.45, 7) is 3.04.